The summed E-state index contributed by atoms with van der Waals surface area (Å²) in [5.41, 5.74) is 0. The zero-order valence-corrected chi connectivity index (χ0v) is 15.5. The van der Waals surface area contributed by atoms with Gasteiger partial charge in [-0.3, -0.25) is 29.4 Å². The van der Waals surface area contributed by atoms with Gasteiger partial charge in [-0.2, -0.15) is 0 Å². The Labute approximate surface area is 157 Å². The van der Waals surface area contributed by atoms with Crippen LogP contribution in [0.5, 0.6) is 0 Å². The van der Waals surface area contributed by atoms with Crippen LogP contribution in [0.2, 0.25) is 0 Å². The number of hydrogen-bond acceptors (Lipinski definition) is 6. The van der Waals surface area contributed by atoms with Gasteiger partial charge in [0.05, 0.1) is 18.3 Å². The van der Waals surface area contributed by atoms with Crippen molar-refractivity contribution in [2.75, 3.05) is 19.7 Å². The maximum absolute atomic E-state index is 12.3. The van der Waals surface area contributed by atoms with Crippen LogP contribution in [0.3, 0.4) is 0 Å². The molecule has 5 amide bonds. The fourth-order valence-electron chi connectivity index (χ4n) is 3.01. The van der Waals surface area contributed by atoms with E-state index in [1.54, 1.807) is 0 Å². The molecule has 0 radical (unpaired) electrons. The zero-order chi connectivity index (χ0) is 20.0. The van der Waals surface area contributed by atoms with E-state index >= 15 is 0 Å². The minimum absolute atomic E-state index is 0.0695. The predicted octanol–water partition coefficient (Wildman–Crippen LogP) is 0.353. The highest BCUT2D eigenvalue weighted by atomic mass is 16.5. The lowest BCUT2D eigenvalue weighted by Gasteiger charge is -2.14. The Morgan fingerprint density at radius 2 is 1.74 bits per heavy atom. The van der Waals surface area contributed by atoms with Crippen molar-refractivity contribution in [1.82, 2.24) is 15.5 Å². The van der Waals surface area contributed by atoms with Crippen LogP contribution in [0.1, 0.15) is 33.1 Å². The second-order valence-electron chi connectivity index (χ2n) is 7.05. The quantitative estimate of drug-likeness (QED) is 0.374. The van der Waals surface area contributed by atoms with Gasteiger partial charge in [-0.05, 0) is 18.8 Å². The van der Waals surface area contributed by atoms with Crippen molar-refractivity contribution in [2.24, 2.45) is 17.8 Å². The number of imide groups is 2. The Hall–Kier alpha value is -2.71. The fraction of sp³-hybridized carbons (Fsp3) is 0.611. The van der Waals surface area contributed by atoms with Crippen LogP contribution in [0.15, 0.2) is 12.2 Å². The van der Waals surface area contributed by atoms with E-state index in [1.807, 2.05) is 31.3 Å². The summed E-state index contributed by atoms with van der Waals surface area (Å²) < 4.78 is 4.79. The molecule has 0 aromatic rings. The number of fused-ring (bicyclic) bond motifs is 1. The number of carbonyl (C=O) groups excluding carboxylic acids is 5. The second-order valence-corrected chi connectivity index (χ2v) is 7.05. The predicted molar refractivity (Wildman–Crippen MR) is 94.0 cm³/mol. The van der Waals surface area contributed by atoms with Gasteiger partial charge in [-0.25, -0.2) is 4.79 Å². The number of amides is 5. The van der Waals surface area contributed by atoms with Crippen LogP contribution >= 0.6 is 0 Å². The molecule has 148 valence electrons. The molecular weight excluding hydrogens is 354 g/mol. The molecule has 0 unspecified atom stereocenters. The third-order valence-corrected chi connectivity index (χ3v) is 4.43. The average molecular weight is 379 g/mol. The molecule has 1 heterocycles. The second kappa shape index (κ2) is 9.29. The maximum Gasteiger partial charge on any atom is 0.321 e. The van der Waals surface area contributed by atoms with Crippen molar-refractivity contribution >= 4 is 29.7 Å². The molecule has 2 aliphatic rings. The van der Waals surface area contributed by atoms with Crippen molar-refractivity contribution in [3.63, 3.8) is 0 Å². The van der Waals surface area contributed by atoms with Crippen LogP contribution in [-0.2, 0) is 23.9 Å². The summed E-state index contributed by atoms with van der Waals surface area (Å²) in [5.74, 6) is -2.44. The van der Waals surface area contributed by atoms with Gasteiger partial charge in [0.2, 0.25) is 11.8 Å². The number of rotatable bonds is 7. The molecule has 9 nitrogen and oxygen atoms in total. The Kier molecular flexibility index (Phi) is 7.09. The highest BCUT2D eigenvalue weighted by Crippen LogP contribution is 2.34. The lowest BCUT2D eigenvalue weighted by Crippen LogP contribution is -2.42. The number of nitrogens with one attached hydrogen (secondary N) is 2. The van der Waals surface area contributed by atoms with E-state index in [1.165, 1.54) is 0 Å². The third kappa shape index (κ3) is 5.63. The summed E-state index contributed by atoms with van der Waals surface area (Å²) in [4.78, 5) is 60.4. The first-order valence-electron chi connectivity index (χ1n) is 9.03. The molecule has 2 atom stereocenters. The lowest BCUT2D eigenvalue weighted by molar-refractivity contribution is -0.149. The van der Waals surface area contributed by atoms with Gasteiger partial charge in [0.15, 0.2) is 6.61 Å². The Balaban J connectivity index is 1.69. The SMILES string of the molecule is CC(C)CNC(=O)NC(=O)COC(=O)CCN1C(=O)[C@H]2CC=CC[C@H]2C1=O. The average Bonchev–Trinajstić information content (AvgIpc) is 2.87. The fourth-order valence-corrected chi connectivity index (χ4v) is 3.01. The highest BCUT2D eigenvalue weighted by Gasteiger charge is 2.46. The Morgan fingerprint density at radius 3 is 2.30 bits per heavy atom. The summed E-state index contributed by atoms with van der Waals surface area (Å²) in [7, 11) is 0. The summed E-state index contributed by atoms with van der Waals surface area (Å²) >= 11 is 0. The number of hydrogen-bond donors (Lipinski definition) is 2. The van der Waals surface area contributed by atoms with Crippen molar-refractivity contribution < 1.29 is 28.7 Å². The van der Waals surface area contributed by atoms with Crippen molar-refractivity contribution in [1.29, 1.82) is 0 Å². The molecule has 1 fully saturated rings. The van der Waals surface area contributed by atoms with Crippen molar-refractivity contribution in [3.05, 3.63) is 12.2 Å². The first-order chi connectivity index (χ1) is 12.8. The summed E-state index contributed by atoms with van der Waals surface area (Å²) in [6, 6.07) is -0.658. The van der Waals surface area contributed by atoms with Gasteiger partial charge in [0.1, 0.15) is 0 Å². The topological polar surface area (TPSA) is 122 Å². The Morgan fingerprint density at radius 1 is 1.15 bits per heavy atom. The number of likely N-dealkylation sites (tertiary alicyclic amines) is 1. The number of carbonyl (C=O) groups is 5. The van der Waals surface area contributed by atoms with E-state index in [0.29, 0.717) is 19.4 Å². The molecule has 27 heavy (non-hydrogen) atoms. The van der Waals surface area contributed by atoms with Gasteiger partial charge >= 0.3 is 12.0 Å². The molecule has 0 saturated carbocycles. The van der Waals surface area contributed by atoms with E-state index in [2.05, 4.69) is 5.32 Å². The summed E-state index contributed by atoms with van der Waals surface area (Å²) in [5, 5.41) is 4.54. The van der Waals surface area contributed by atoms with Crippen LogP contribution in [-0.4, -0.2) is 54.3 Å². The monoisotopic (exact) mass is 379 g/mol. The number of nitrogens with zero attached hydrogens (tertiary/aromatic N) is 1. The molecule has 1 saturated heterocycles. The standard InChI is InChI=1S/C18H25N3O6/c1-11(2)9-19-18(26)20-14(22)10-27-15(23)7-8-21-16(24)12-5-3-4-6-13(12)17(21)25/h3-4,11-13H,5-10H2,1-2H3,(H2,19,20,22,26)/t12-,13+. The molecular formula is C18H25N3O6. The van der Waals surface area contributed by atoms with Crippen LogP contribution in [0.4, 0.5) is 4.79 Å². The van der Waals surface area contributed by atoms with E-state index in [9.17, 15) is 24.0 Å². The summed E-state index contributed by atoms with van der Waals surface area (Å²) in [6.07, 6.45) is 4.65. The van der Waals surface area contributed by atoms with Gasteiger partial charge in [0, 0.05) is 13.1 Å². The lowest BCUT2D eigenvalue weighted by atomic mass is 9.85. The number of ether oxygens (including phenoxy) is 1. The molecule has 1 aliphatic carbocycles. The molecule has 9 heteroatoms. The smallest absolute Gasteiger partial charge is 0.321 e. The maximum atomic E-state index is 12.3. The van der Waals surface area contributed by atoms with Gasteiger partial charge in [-0.1, -0.05) is 26.0 Å². The van der Waals surface area contributed by atoms with Crippen LogP contribution in [0, 0.1) is 17.8 Å². The van der Waals surface area contributed by atoms with Crippen molar-refractivity contribution in [3.8, 4) is 0 Å². The van der Waals surface area contributed by atoms with E-state index in [0.717, 1.165) is 4.90 Å². The van der Waals surface area contributed by atoms with Crippen LogP contribution < -0.4 is 10.6 Å². The molecule has 1 aliphatic heterocycles. The largest absolute Gasteiger partial charge is 0.456 e. The number of allylic oxidation sites excluding steroid dienone is 2. The number of urea groups is 1. The molecule has 2 N–H and O–H groups in total. The first-order valence-corrected chi connectivity index (χ1v) is 9.03. The normalized spacial score (nSPS) is 21.2. The van der Waals surface area contributed by atoms with Gasteiger partial charge in [-0.15, -0.1) is 0 Å². The molecule has 0 bridgehead atoms. The Bertz CT molecular complexity index is 631. The van der Waals surface area contributed by atoms with E-state index in [-0.39, 0.29) is 42.5 Å². The van der Waals surface area contributed by atoms with Crippen LogP contribution in [0.25, 0.3) is 0 Å². The summed E-state index contributed by atoms with van der Waals surface area (Å²) in [6.45, 7) is 3.55. The zero-order valence-electron chi connectivity index (χ0n) is 15.5. The molecule has 0 spiro atoms. The van der Waals surface area contributed by atoms with Crippen molar-refractivity contribution in [2.45, 2.75) is 33.1 Å². The molecule has 0 aromatic heterocycles. The minimum atomic E-state index is -0.755. The van der Waals surface area contributed by atoms with Gasteiger partial charge < -0.3 is 10.1 Å². The van der Waals surface area contributed by atoms with Gasteiger partial charge in [0.25, 0.3) is 5.91 Å². The minimum Gasteiger partial charge on any atom is -0.456 e. The number of esters is 1. The molecule has 2 rings (SSSR count). The molecule has 0 aromatic carbocycles. The third-order valence-electron chi connectivity index (χ3n) is 4.43. The van der Waals surface area contributed by atoms with E-state index < -0.39 is 24.5 Å². The van der Waals surface area contributed by atoms with E-state index in [4.69, 9.17) is 4.74 Å². The first kappa shape index (κ1) is 20.6. The highest BCUT2D eigenvalue weighted by molar-refractivity contribution is 6.05.